The number of amides is 1. The second-order valence-corrected chi connectivity index (χ2v) is 6.84. The van der Waals surface area contributed by atoms with Crippen LogP contribution in [0.5, 0.6) is 0 Å². The van der Waals surface area contributed by atoms with Gasteiger partial charge in [0, 0.05) is 13.0 Å². The van der Waals surface area contributed by atoms with Gasteiger partial charge in [0.2, 0.25) is 5.91 Å². The summed E-state index contributed by atoms with van der Waals surface area (Å²) in [6.45, 7) is 2.48. The average molecular weight is 319 g/mol. The van der Waals surface area contributed by atoms with E-state index < -0.39 is 12.0 Å². The van der Waals surface area contributed by atoms with E-state index in [0.717, 1.165) is 24.8 Å². The molecule has 1 saturated heterocycles. The number of hydrogen-bond donors (Lipinski definition) is 1. The van der Waals surface area contributed by atoms with Gasteiger partial charge >= 0.3 is 5.97 Å². The molecule has 1 aliphatic carbocycles. The minimum atomic E-state index is -0.887. The second kappa shape index (κ2) is 6.30. The first-order valence-electron chi connectivity index (χ1n) is 8.25. The molecule has 0 spiro atoms. The molecule has 1 aliphatic heterocycles. The number of nitrogens with zero attached hydrogens (tertiary/aromatic N) is 1. The molecule has 1 saturated carbocycles. The van der Waals surface area contributed by atoms with E-state index >= 15 is 0 Å². The van der Waals surface area contributed by atoms with Crippen LogP contribution >= 0.6 is 0 Å². The molecule has 4 unspecified atom stereocenters. The Morgan fingerprint density at radius 2 is 2.00 bits per heavy atom. The largest absolute Gasteiger partial charge is 0.480 e. The number of benzene rings is 1. The normalized spacial score (nSPS) is 27.7. The van der Waals surface area contributed by atoms with Gasteiger partial charge in [-0.2, -0.15) is 0 Å². The number of halogens is 1. The lowest BCUT2D eigenvalue weighted by Crippen LogP contribution is -2.43. The highest BCUT2D eigenvalue weighted by molar-refractivity contribution is 5.85. The van der Waals surface area contributed by atoms with E-state index in [2.05, 4.69) is 0 Å². The molecule has 4 nitrogen and oxygen atoms in total. The zero-order chi connectivity index (χ0) is 16.6. The number of carboxylic acid groups (broad SMARTS) is 1. The number of likely N-dealkylation sites (tertiary alicyclic amines) is 1. The van der Waals surface area contributed by atoms with Gasteiger partial charge in [-0.15, -0.1) is 0 Å². The Balaban J connectivity index is 1.69. The summed E-state index contributed by atoms with van der Waals surface area (Å²) < 4.78 is 13.0. The standard InChI is InChI=1S/C18H22FNO3/c1-11(12-5-7-14(19)8-6-12)9-16(21)20-10-13-3-2-4-15(13)17(20)18(22)23/h5-8,11,13,15,17H,2-4,9-10H2,1H3,(H,22,23). The maximum absolute atomic E-state index is 13.0. The molecule has 23 heavy (non-hydrogen) atoms. The van der Waals surface area contributed by atoms with E-state index in [-0.39, 0.29) is 30.0 Å². The molecule has 1 aromatic rings. The van der Waals surface area contributed by atoms with Crippen LogP contribution in [0.25, 0.3) is 0 Å². The third kappa shape index (κ3) is 3.09. The zero-order valence-electron chi connectivity index (χ0n) is 13.2. The molecular weight excluding hydrogens is 297 g/mol. The molecule has 1 aromatic carbocycles. The number of aliphatic carboxylic acids is 1. The predicted octanol–water partition coefficient (Wildman–Crippen LogP) is 3.03. The first-order chi connectivity index (χ1) is 11.0. The lowest BCUT2D eigenvalue weighted by atomic mass is 9.94. The van der Waals surface area contributed by atoms with E-state index in [1.54, 1.807) is 17.0 Å². The highest BCUT2D eigenvalue weighted by atomic mass is 19.1. The van der Waals surface area contributed by atoms with E-state index in [1.165, 1.54) is 12.1 Å². The number of carboxylic acids is 1. The first-order valence-corrected chi connectivity index (χ1v) is 8.25. The lowest BCUT2D eigenvalue weighted by molar-refractivity contribution is -0.149. The van der Waals surface area contributed by atoms with Gasteiger partial charge < -0.3 is 10.0 Å². The van der Waals surface area contributed by atoms with Gasteiger partial charge in [-0.3, -0.25) is 4.79 Å². The topological polar surface area (TPSA) is 57.6 Å². The van der Waals surface area contributed by atoms with Gasteiger partial charge in [0.1, 0.15) is 11.9 Å². The molecule has 4 atom stereocenters. The van der Waals surface area contributed by atoms with Crippen molar-refractivity contribution in [2.75, 3.05) is 6.54 Å². The first kappa shape index (κ1) is 16.0. The maximum atomic E-state index is 13.0. The smallest absolute Gasteiger partial charge is 0.326 e. The summed E-state index contributed by atoms with van der Waals surface area (Å²) in [5.41, 5.74) is 0.894. The molecule has 0 bridgehead atoms. The zero-order valence-corrected chi connectivity index (χ0v) is 13.2. The van der Waals surface area contributed by atoms with Crippen LogP contribution in [0.2, 0.25) is 0 Å². The Hall–Kier alpha value is -1.91. The van der Waals surface area contributed by atoms with Crippen LogP contribution < -0.4 is 0 Å². The Labute approximate surface area is 135 Å². The van der Waals surface area contributed by atoms with Gasteiger partial charge in [-0.1, -0.05) is 25.5 Å². The fourth-order valence-electron chi connectivity index (χ4n) is 4.17. The number of hydrogen-bond acceptors (Lipinski definition) is 2. The molecule has 5 heteroatoms. The number of rotatable bonds is 4. The predicted molar refractivity (Wildman–Crippen MR) is 83.4 cm³/mol. The van der Waals surface area contributed by atoms with Crippen molar-refractivity contribution in [1.82, 2.24) is 4.90 Å². The number of carbonyl (C=O) groups excluding carboxylic acids is 1. The second-order valence-electron chi connectivity index (χ2n) is 6.84. The van der Waals surface area contributed by atoms with Crippen LogP contribution in [0, 0.1) is 17.7 Å². The summed E-state index contributed by atoms with van der Waals surface area (Å²) in [5.74, 6) is -0.909. The fraction of sp³-hybridized carbons (Fsp3) is 0.556. The van der Waals surface area contributed by atoms with E-state index in [0.29, 0.717) is 12.5 Å². The molecule has 3 rings (SSSR count). The van der Waals surface area contributed by atoms with Crippen molar-refractivity contribution in [3.63, 3.8) is 0 Å². The van der Waals surface area contributed by atoms with Gasteiger partial charge in [-0.05, 0) is 48.3 Å². The minimum absolute atomic E-state index is 0.0574. The van der Waals surface area contributed by atoms with Crippen LogP contribution in [-0.2, 0) is 9.59 Å². The van der Waals surface area contributed by atoms with Crippen molar-refractivity contribution < 1.29 is 19.1 Å². The molecule has 0 aromatic heterocycles. The van der Waals surface area contributed by atoms with E-state index in [1.807, 2.05) is 6.92 Å². The van der Waals surface area contributed by atoms with Gasteiger partial charge in [0.05, 0.1) is 0 Å². The third-order valence-electron chi connectivity index (χ3n) is 5.38. The minimum Gasteiger partial charge on any atom is -0.480 e. The molecule has 124 valence electrons. The van der Waals surface area contributed by atoms with Crippen LogP contribution in [-0.4, -0.2) is 34.5 Å². The van der Waals surface area contributed by atoms with Crippen molar-refractivity contribution in [2.24, 2.45) is 11.8 Å². The van der Waals surface area contributed by atoms with E-state index in [9.17, 15) is 19.1 Å². The summed E-state index contributed by atoms with van der Waals surface area (Å²) in [6, 6.07) is 5.46. The highest BCUT2D eigenvalue weighted by Crippen LogP contribution is 2.42. The highest BCUT2D eigenvalue weighted by Gasteiger charge is 2.49. The quantitative estimate of drug-likeness (QED) is 0.928. The summed E-state index contributed by atoms with van der Waals surface area (Å²) in [6.07, 6.45) is 3.24. The van der Waals surface area contributed by atoms with Crippen LogP contribution in [0.3, 0.4) is 0 Å². The van der Waals surface area contributed by atoms with Crippen molar-refractivity contribution >= 4 is 11.9 Å². The monoisotopic (exact) mass is 319 g/mol. The molecule has 2 fully saturated rings. The summed E-state index contributed by atoms with van der Waals surface area (Å²) in [7, 11) is 0. The molecule has 1 heterocycles. The Kier molecular flexibility index (Phi) is 4.37. The molecule has 0 radical (unpaired) electrons. The maximum Gasteiger partial charge on any atom is 0.326 e. The molecule has 1 N–H and O–H groups in total. The Bertz CT molecular complexity index is 601. The molecular formula is C18H22FNO3. The molecule has 1 amide bonds. The SMILES string of the molecule is CC(CC(=O)N1CC2CCCC2C1C(=O)O)c1ccc(F)cc1. The third-order valence-corrected chi connectivity index (χ3v) is 5.38. The van der Waals surface area contributed by atoms with Gasteiger partial charge in [-0.25, -0.2) is 9.18 Å². The lowest BCUT2D eigenvalue weighted by Gasteiger charge is -2.25. The number of fused-ring (bicyclic) bond motifs is 1. The van der Waals surface area contributed by atoms with Crippen molar-refractivity contribution in [3.05, 3.63) is 35.6 Å². The summed E-state index contributed by atoms with van der Waals surface area (Å²) >= 11 is 0. The van der Waals surface area contributed by atoms with Gasteiger partial charge in [0.15, 0.2) is 0 Å². The summed E-state index contributed by atoms with van der Waals surface area (Å²) in [5, 5.41) is 9.53. The van der Waals surface area contributed by atoms with Crippen LogP contribution in [0.4, 0.5) is 4.39 Å². The van der Waals surface area contributed by atoms with E-state index in [4.69, 9.17) is 0 Å². The Morgan fingerprint density at radius 1 is 1.30 bits per heavy atom. The van der Waals surface area contributed by atoms with Crippen LogP contribution in [0.15, 0.2) is 24.3 Å². The van der Waals surface area contributed by atoms with Crippen molar-refractivity contribution in [1.29, 1.82) is 0 Å². The fourth-order valence-corrected chi connectivity index (χ4v) is 4.17. The van der Waals surface area contributed by atoms with Gasteiger partial charge in [0.25, 0.3) is 0 Å². The number of carbonyl (C=O) groups is 2. The van der Waals surface area contributed by atoms with Crippen molar-refractivity contribution in [3.8, 4) is 0 Å². The molecule has 2 aliphatic rings. The van der Waals surface area contributed by atoms with Crippen LogP contribution in [0.1, 0.15) is 44.1 Å². The van der Waals surface area contributed by atoms with Crippen molar-refractivity contribution in [2.45, 2.75) is 44.6 Å². The average Bonchev–Trinajstić information content (AvgIpc) is 3.07. The Morgan fingerprint density at radius 3 is 2.65 bits per heavy atom. The summed E-state index contributed by atoms with van der Waals surface area (Å²) in [4.78, 5) is 25.8.